The summed E-state index contributed by atoms with van der Waals surface area (Å²) >= 11 is 0. The molecular formula is C15H16N2O6. The Balaban J connectivity index is 1.79. The van der Waals surface area contributed by atoms with E-state index in [1.165, 1.54) is 31.4 Å². The van der Waals surface area contributed by atoms with Crippen molar-refractivity contribution in [3.8, 4) is 0 Å². The predicted octanol–water partition coefficient (Wildman–Crippen LogP) is 0.233. The van der Waals surface area contributed by atoms with Gasteiger partial charge in [-0.3, -0.25) is 9.59 Å². The first-order valence-electron chi connectivity index (χ1n) is 6.94. The Morgan fingerprint density at radius 1 is 1.26 bits per heavy atom. The summed E-state index contributed by atoms with van der Waals surface area (Å²) in [4.78, 5) is 45.6. The number of carbonyl (C=O) groups excluding carboxylic acids is 4. The van der Waals surface area contributed by atoms with Gasteiger partial charge in [-0.1, -0.05) is 0 Å². The molecule has 8 nitrogen and oxygen atoms in total. The molecule has 1 heterocycles. The zero-order valence-corrected chi connectivity index (χ0v) is 12.5. The van der Waals surface area contributed by atoms with Crippen LogP contribution >= 0.6 is 0 Å². The van der Waals surface area contributed by atoms with E-state index >= 15 is 0 Å². The molecule has 0 aromatic heterocycles. The van der Waals surface area contributed by atoms with Crippen LogP contribution in [0.4, 0.5) is 5.69 Å². The zero-order chi connectivity index (χ0) is 16.8. The number of anilines is 1. The molecule has 1 aromatic carbocycles. The summed E-state index contributed by atoms with van der Waals surface area (Å²) in [5, 5.41) is 4.99. The predicted molar refractivity (Wildman–Crippen MR) is 78.5 cm³/mol. The Kier molecular flexibility index (Phi) is 5.29. The van der Waals surface area contributed by atoms with E-state index in [2.05, 4.69) is 15.4 Å². The normalized spacial score (nSPS) is 16.4. The van der Waals surface area contributed by atoms with Crippen molar-refractivity contribution in [1.29, 1.82) is 0 Å². The van der Waals surface area contributed by atoms with Crippen LogP contribution in [-0.4, -0.2) is 43.5 Å². The van der Waals surface area contributed by atoms with Gasteiger partial charge in [0.05, 0.1) is 12.7 Å². The second kappa shape index (κ2) is 7.39. The van der Waals surface area contributed by atoms with E-state index in [4.69, 9.17) is 4.74 Å². The van der Waals surface area contributed by atoms with Crippen LogP contribution in [0.5, 0.6) is 0 Å². The minimum atomic E-state index is -0.686. The number of hydrogen-bond donors (Lipinski definition) is 2. The highest BCUT2D eigenvalue weighted by atomic mass is 16.5. The summed E-state index contributed by atoms with van der Waals surface area (Å²) < 4.78 is 9.41. The number of esters is 2. The summed E-state index contributed by atoms with van der Waals surface area (Å²) in [6.45, 7) is -0.454. The highest BCUT2D eigenvalue weighted by Gasteiger charge is 2.28. The molecule has 1 saturated heterocycles. The fraction of sp³-hybridized carbons (Fsp3) is 0.333. The van der Waals surface area contributed by atoms with Gasteiger partial charge in [-0.15, -0.1) is 0 Å². The molecule has 8 heteroatoms. The van der Waals surface area contributed by atoms with Crippen LogP contribution in [0.25, 0.3) is 0 Å². The molecule has 122 valence electrons. The third kappa shape index (κ3) is 4.53. The standard InChI is InChI=1S/C15H16N2O6/c1-22-14(20)9-2-4-10(5-3-9)16-13(19)8-23-15(21)11-6-7-12(18)17-11/h2-5,11H,6-8H2,1H3,(H,16,19)(H,17,18)/t11-/m0/s1. The van der Waals surface area contributed by atoms with Crippen molar-refractivity contribution in [3.63, 3.8) is 0 Å². The molecular weight excluding hydrogens is 304 g/mol. The highest BCUT2D eigenvalue weighted by Crippen LogP contribution is 2.11. The van der Waals surface area contributed by atoms with E-state index in [0.717, 1.165) is 0 Å². The van der Waals surface area contributed by atoms with E-state index in [9.17, 15) is 19.2 Å². The van der Waals surface area contributed by atoms with Gasteiger partial charge in [-0.05, 0) is 30.7 Å². The fourth-order valence-corrected chi connectivity index (χ4v) is 2.03. The summed E-state index contributed by atoms with van der Waals surface area (Å²) in [6.07, 6.45) is 0.646. The third-order valence-electron chi connectivity index (χ3n) is 3.22. The molecule has 1 aliphatic heterocycles. The molecule has 1 atom stereocenters. The van der Waals surface area contributed by atoms with Crippen molar-refractivity contribution in [2.45, 2.75) is 18.9 Å². The maximum Gasteiger partial charge on any atom is 0.337 e. The van der Waals surface area contributed by atoms with Gasteiger partial charge in [0.25, 0.3) is 5.91 Å². The number of benzene rings is 1. The van der Waals surface area contributed by atoms with Gasteiger partial charge >= 0.3 is 11.9 Å². The fourth-order valence-electron chi connectivity index (χ4n) is 2.03. The number of hydrogen-bond acceptors (Lipinski definition) is 6. The van der Waals surface area contributed by atoms with E-state index in [1.807, 2.05) is 0 Å². The average Bonchev–Trinajstić information content (AvgIpc) is 2.99. The van der Waals surface area contributed by atoms with Crippen molar-refractivity contribution >= 4 is 29.4 Å². The van der Waals surface area contributed by atoms with Gasteiger partial charge in [0.15, 0.2) is 6.61 Å². The van der Waals surface area contributed by atoms with Crippen LogP contribution < -0.4 is 10.6 Å². The van der Waals surface area contributed by atoms with Crippen LogP contribution in [-0.2, 0) is 23.9 Å². The molecule has 0 unspecified atom stereocenters. The van der Waals surface area contributed by atoms with E-state index < -0.39 is 30.5 Å². The maximum atomic E-state index is 11.7. The zero-order valence-electron chi connectivity index (χ0n) is 12.5. The first kappa shape index (κ1) is 16.5. The summed E-state index contributed by atoms with van der Waals surface area (Å²) in [5.74, 6) is -1.84. The second-order valence-corrected chi connectivity index (χ2v) is 4.88. The SMILES string of the molecule is COC(=O)c1ccc(NC(=O)COC(=O)[C@@H]2CCC(=O)N2)cc1. The monoisotopic (exact) mass is 320 g/mol. The maximum absolute atomic E-state index is 11.7. The van der Waals surface area contributed by atoms with Gasteiger partial charge < -0.3 is 20.1 Å². The number of carbonyl (C=O) groups is 4. The average molecular weight is 320 g/mol. The first-order valence-corrected chi connectivity index (χ1v) is 6.94. The molecule has 2 rings (SSSR count). The lowest BCUT2D eigenvalue weighted by Crippen LogP contribution is -2.36. The molecule has 1 aromatic rings. The molecule has 0 spiro atoms. The topological polar surface area (TPSA) is 111 Å². The third-order valence-corrected chi connectivity index (χ3v) is 3.22. The van der Waals surface area contributed by atoms with Crippen molar-refractivity contribution < 1.29 is 28.7 Å². The van der Waals surface area contributed by atoms with Gasteiger partial charge in [0.2, 0.25) is 5.91 Å². The molecule has 2 amide bonds. The van der Waals surface area contributed by atoms with E-state index in [-0.39, 0.29) is 12.3 Å². The molecule has 1 fully saturated rings. The van der Waals surface area contributed by atoms with Crippen LogP contribution in [0.15, 0.2) is 24.3 Å². The minimum Gasteiger partial charge on any atom is -0.465 e. The van der Waals surface area contributed by atoms with Gasteiger partial charge in [0.1, 0.15) is 6.04 Å². The van der Waals surface area contributed by atoms with Crippen molar-refractivity contribution in [3.05, 3.63) is 29.8 Å². The van der Waals surface area contributed by atoms with Gasteiger partial charge in [-0.25, -0.2) is 9.59 Å². The van der Waals surface area contributed by atoms with Gasteiger partial charge in [-0.2, -0.15) is 0 Å². The number of nitrogens with one attached hydrogen (secondary N) is 2. The van der Waals surface area contributed by atoms with E-state index in [0.29, 0.717) is 17.7 Å². The number of ether oxygens (including phenoxy) is 2. The van der Waals surface area contributed by atoms with Crippen LogP contribution in [0, 0.1) is 0 Å². The van der Waals surface area contributed by atoms with Crippen molar-refractivity contribution in [2.24, 2.45) is 0 Å². The lowest BCUT2D eigenvalue weighted by Gasteiger charge is -2.10. The smallest absolute Gasteiger partial charge is 0.337 e. The van der Waals surface area contributed by atoms with Crippen LogP contribution in [0.2, 0.25) is 0 Å². The number of amides is 2. The lowest BCUT2D eigenvalue weighted by molar-refractivity contribution is -0.149. The van der Waals surface area contributed by atoms with Crippen molar-refractivity contribution in [1.82, 2.24) is 5.32 Å². The molecule has 2 N–H and O–H groups in total. The van der Waals surface area contributed by atoms with Gasteiger partial charge in [0, 0.05) is 12.1 Å². The molecule has 0 saturated carbocycles. The quantitative estimate of drug-likeness (QED) is 0.752. The Labute approximate surface area is 132 Å². The summed E-state index contributed by atoms with van der Waals surface area (Å²) in [5.41, 5.74) is 0.807. The molecule has 23 heavy (non-hydrogen) atoms. The summed E-state index contributed by atoms with van der Waals surface area (Å²) in [6, 6.07) is 5.38. The Hall–Kier alpha value is -2.90. The summed E-state index contributed by atoms with van der Waals surface area (Å²) in [7, 11) is 1.28. The number of rotatable bonds is 5. The van der Waals surface area contributed by atoms with Crippen molar-refractivity contribution in [2.75, 3.05) is 19.0 Å². The molecule has 0 aliphatic carbocycles. The highest BCUT2D eigenvalue weighted by molar-refractivity contribution is 5.95. The van der Waals surface area contributed by atoms with Crippen LogP contribution in [0.3, 0.4) is 0 Å². The van der Waals surface area contributed by atoms with Crippen LogP contribution in [0.1, 0.15) is 23.2 Å². The lowest BCUT2D eigenvalue weighted by atomic mass is 10.2. The van der Waals surface area contributed by atoms with E-state index in [1.54, 1.807) is 0 Å². The molecule has 1 aliphatic rings. The Bertz CT molecular complexity index is 625. The minimum absolute atomic E-state index is 0.206. The Morgan fingerprint density at radius 2 is 1.96 bits per heavy atom. The molecule has 0 bridgehead atoms. The Morgan fingerprint density at radius 3 is 2.52 bits per heavy atom. The largest absolute Gasteiger partial charge is 0.465 e. The molecule has 0 radical (unpaired) electrons. The first-order chi connectivity index (χ1) is 11.0. The second-order valence-electron chi connectivity index (χ2n) is 4.88. The number of methoxy groups -OCH3 is 1.